The van der Waals surface area contributed by atoms with Gasteiger partial charge in [0, 0.05) is 5.75 Å². The minimum Gasteiger partial charge on any atom is -0.480 e. The molecule has 0 fully saturated rings. The number of ketones is 1. The molecule has 2 N–H and O–H groups in total. The van der Waals surface area contributed by atoms with E-state index in [1.54, 1.807) is 0 Å². The summed E-state index contributed by atoms with van der Waals surface area (Å²) in [6.45, 7) is 10.4. The van der Waals surface area contributed by atoms with Crippen molar-refractivity contribution in [3.63, 3.8) is 0 Å². The summed E-state index contributed by atoms with van der Waals surface area (Å²) in [5, 5.41) is 12.1. The normalized spacial score (nSPS) is 17.5. The number of rotatable bonds is 15. The molecule has 0 radical (unpaired) electrons. The summed E-state index contributed by atoms with van der Waals surface area (Å²) in [4.78, 5) is 23.1. The van der Waals surface area contributed by atoms with Crippen LogP contribution in [-0.4, -0.2) is 34.7 Å². The Labute approximate surface area is 159 Å². The van der Waals surface area contributed by atoms with Gasteiger partial charge in [0.1, 0.15) is 11.8 Å². The van der Waals surface area contributed by atoms with Crippen molar-refractivity contribution < 1.29 is 14.7 Å². The van der Waals surface area contributed by atoms with Crippen LogP contribution in [0.2, 0.25) is 0 Å². The van der Waals surface area contributed by atoms with Gasteiger partial charge in [0.15, 0.2) is 0 Å². The average Bonchev–Trinajstić information content (AvgIpc) is 2.54. The molecule has 0 saturated carbocycles. The molecule has 0 rings (SSSR count). The predicted octanol–water partition coefficient (Wildman–Crippen LogP) is 4.58. The summed E-state index contributed by atoms with van der Waals surface area (Å²) in [5.41, 5.74) is 0. The summed E-state index contributed by atoms with van der Waals surface area (Å²) in [6, 6.07) is -1.19. The summed E-state index contributed by atoms with van der Waals surface area (Å²) >= 11 is 4.06. The first-order valence-electron chi connectivity index (χ1n) is 9.82. The molecule has 5 unspecified atom stereocenters. The van der Waals surface area contributed by atoms with E-state index < -0.39 is 18.1 Å². The predicted molar refractivity (Wildman–Crippen MR) is 108 cm³/mol. The van der Waals surface area contributed by atoms with Crippen LogP contribution in [0.5, 0.6) is 0 Å². The van der Waals surface area contributed by atoms with Crippen LogP contribution < -0.4 is 5.32 Å². The highest BCUT2D eigenvalue weighted by molar-refractivity contribution is 7.80. The van der Waals surface area contributed by atoms with Crippen molar-refractivity contribution >= 4 is 24.4 Å². The molecule has 0 saturated heterocycles. The molecule has 5 heteroatoms. The number of carbonyl (C=O) groups is 2. The van der Waals surface area contributed by atoms with Gasteiger partial charge in [-0.3, -0.25) is 14.9 Å². The van der Waals surface area contributed by atoms with Gasteiger partial charge >= 0.3 is 5.97 Å². The first kappa shape index (κ1) is 24.5. The lowest BCUT2D eigenvalue weighted by molar-refractivity contribution is -0.139. The van der Waals surface area contributed by atoms with E-state index in [4.69, 9.17) is 5.11 Å². The van der Waals surface area contributed by atoms with Crippen molar-refractivity contribution in [1.82, 2.24) is 5.32 Å². The van der Waals surface area contributed by atoms with E-state index in [1.807, 2.05) is 6.92 Å². The number of thiol groups is 1. The third-order valence-electron chi connectivity index (χ3n) is 5.32. The second-order valence-electron chi connectivity index (χ2n) is 7.79. The highest BCUT2D eigenvalue weighted by atomic mass is 32.1. The Kier molecular flexibility index (Phi) is 13.3. The van der Waals surface area contributed by atoms with Gasteiger partial charge in [-0.2, -0.15) is 12.6 Å². The Balaban J connectivity index is 4.24. The average molecular weight is 374 g/mol. The zero-order valence-electron chi connectivity index (χ0n) is 16.8. The lowest BCUT2D eigenvalue weighted by Gasteiger charge is -2.26. The van der Waals surface area contributed by atoms with Gasteiger partial charge in [-0.05, 0) is 31.1 Å². The standard InChI is InChI=1S/C20H39NO3S/c1-6-14(2)9-7-10-15(3)11-8-12-16(4)19(17(5)22)21-18(13-25)20(23)24/h14-16,18-19,21,25H,6-13H2,1-5H3,(H,23,24). The molecule has 0 heterocycles. The van der Waals surface area contributed by atoms with E-state index in [0.717, 1.165) is 18.8 Å². The van der Waals surface area contributed by atoms with E-state index in [0.29, 0.717) is 5.92 Å². The van der Waals surface area contributed by atoms with Gasteiger partial charge in [-0.1, -0.05) is 66.2 Å². The quantitative estimate of drug-likeness (QED) is 0.368. The van der Waals surface area contributed by atoms with Crippen molar-refractivity contribution in [3.8, 4) is 0 Å². The lowest BCUT2D eigenvalue weighted by atomic mass is 9.89. The maximum absolute atomic E-state index is 11.9. The molecule has 4 nitrogen and oxygen atoms in total. The number of hydrogen-bond acceptors (Lipinski definition) is 4. The molecular formula is C20H39NO3S. The fraction of sp³-hybridized carbons (Fsp3) is 0.900. The summed E-state index contributed by atoms with van der Waals surface area (Å²) < 4.78 is 0. The molecule has 0 spiro atoms. The Morgan fingerprint density at radius 1 is 1.00 bits per heavy atom. The molecule has 0 aromatic rings. The minimum atomic E-state index is -0.955. The maximum Gasteiger partial charge on any atom is 0.321 e. The number of aliphatic carboxylic acids is 1. The summed E-state index contributed by atoms with van der Waals surface area (Å²) in [6.07, 6.45) is 8.33. The molecule has 0 aromatic carbocycles. The van der Waals surface area contributed by atoms with Crippen LogP contribution in [0.15, 0.2) is 0 Å². The number of carboxylic acids is 1. The van der Waals surface area contributed by atoms with Gasteiger partial charge < -0.3 is 5.11 Å². The van der Waals surface area contributed by atoms with Crippen LogP contribution in [0.3, 0.4) is 0 Å². The lowest BCUT2D eigenvalue weighted by Crippen LogP contribution is -2.50. The van der Waals surface area contributed by atoms with Crippen molar-refractivity contribution in [2.75, 3.05) is 5.75 Å². The minimum absolute atomic E-state index is 0.00198. The highest BCUT2D eigenvalue weighted by Gasteiger charge is 2.27. The third-order valence-corrected chi connectivity index (χ3v) is 5.68. The van der Waals surface area contributed by atoms with Crippen LogP contribution in [0.1, 0.15) is 79.6 Å². The summed E-state index contributed by atoms with van der Waals surface area (Å²) in [7, 11) is 0. The van der Waals surface area contributed by atoms with Crippen LogP contribution in [-0.2, 0) is 9.59 Å². The van der Waals surface area contributed by atoms with Crippen LogP contribution >= 0.6 is 12.6 Å². The molecule has 0 aromatic heterocycles. The van der Waals surface area contributed by atoms with E-state index in [9.17, 15) is 9.59 Å². The number of Topliss-reactive ketones (excluding diaryl/α,β-unsaturated/α-hetero) is 1. The second kappa shape index (κ2) is 13.6. The van der Waals surface area contributed by atoms with E-state index in [2.05, 4.69) is 38.7 Å². The van der Waals surface area contributed by atoms with Crippen molar-refractivity contribution in [1.29, 1.82) is 0 Å². The van der Waals surface area contributed by atoms with Gasteiger partial charge in [0.25, 0.3) is 0 Å². The second-order valence-corrected chi connectivity index (χ2v) is 8.15. The first-order valence-corrected chi connectivity index (χ1v) is 10.5. The van der Waals surface area contributed by atoms with Crippen LogP contribution in [0.4, 0.5) is 0 Å². The molecule has 0 amide bonds. The van der Waals surface area contributed by atoms with Gasteiger partial charge in [-0.25, -0.2) is 0 Å². The van der Waals surface area contributed by atoms with Gasteiger partial charge in [0.2, 0.25) is 0 Å². The topological polar surface area (TPSA) is 66.4 Å². The fourth-order valence-corrected chi connectivity index (χ4v) is 3.48. The molecule has 148 valence electrons. The number of hydrogen-bond donors (Lipinski definition) is 3. The molecule has 0 aliphatic heterocycles. The smallest absolute Gasteiger partial charge is 0.321 e. The number of carbonyl (C=O) groups excluding carboxylic acids is 1. The Hall–Kier alpha value is -0.550. The van der Waals surface area contributed by atoms with Gasteiger partial charge in [0.05, 0.1) is 6.04 Å². The molecule has 25 heavy (non-hydrogen) atoms. The first-order chi connectivity index (χ1) is 11.7. The zero-order chi connectivity index (χ0) is 19.4. The van der Waals surface area contributed by atoms with Crippen LogP contribution in [0.25, 0.3) is 0 Å². The number of carboxylic acid groups (broad SMARTS) is 1. The SMILES string of the molecule is CCC(C)CCCC(C)CCCC(C)C(NC(CS)C(=O)O)C(C)=O. The Morgan fingerprint density at radius 3 is 1.96 bits per heavy atom. The largest absolute Gasteiger partial charge is 0.480 e. The molecule has 0 bridgehead atoms. The monoisotopic (exact) mass is 373 g/mol. The number of nitrogens with one attached hydrogen (secondary N) is 1. The van der Waals surface area contributed by atoms with E-state index in [-0.39, 0.29) is 17.5 Å². The highest BCUT2D eigenvalue weighted by Crippen LogP contribution is 2.21. The molecule has 5 atom stereocenters. The zero-order valence-corrected chi connectivity index (χ0v) is 17.6. The van der Waals surface area contributed by atoms with E-state index >= 15 is 0 Å². The Bertz CT molecular complexity index is 389. The van der Waals surface area contributed by atoms with Gasteiger partial charge in [-0.15, -0.1) is 0 Å². The Morgan fingerprint density at radius 2 is 1.52 bits per heavy atom. The maximum atomic E-state index is 11.9. The fourth-order valence-electron chi connectivity index (χ4n) is 3.22. The van der Waals surface area contributed by atoms with Crippen molar-refractivity contribution in [2.45, 2.75) is 91.6 Å². The molecule has 0 aliphatic rings. The van der Waals surface area contributed by atoms with E-state index in [1.165, 1.54) is 39.0 Å². The van der Waals surface area contributed by atoms with Crippen molar-refractivity contribution in [2.24, 2.45) is 17.8 Å². The molecule has 0 aliphatic carbocycles. The summed E-state index contributed by atoms with van der Waals surface area (Å²) in [5.74, 6) is 0.892. The molecular weight excluding hydrogens is 334 g/mol. The third kappa shape index (κ3) is 10.9. The van der Waals surface area contributed by atoms with Crippen LogP contribution in [0, 0.1) is 17.8 Å². The van der Waals surface area contributed by atoms with Crippen molar-refractivity contribution in [3.05, 3.63) is 0 Å².